The van der Waals surface area contributed by atoms with Crippen LogP contribution in [-0.4, -0.2) is 16.9 Å². The summed E-state index contributed by atoms with van der Waals surface area (Å²) in [7, 11) is 0. The van der Waals surface area contributed by atoms with Gasteiger partial charge in [0, 0.05) is 0 Å². The maximum absolute atomic E-state index is 10.8. The summed E-state index contributed by atoms with van der Waals surface area (Å²) in [5.74, 6) is -1.60. The lowest BCUT2D eigenvalue weighted by atomic mass is 9.88. The number of carboxylic acids is 1. The third kappa shape index (κ3) is 1.43. The summed E-state index contributed by atoms with van der Waals surface area (Å²) in [6.45, 7) is 5.89. The second kappa shape index (κ2) is 2.64. The van der Waals surface area contributed by atoms with Gasteiger partial charge in [-0.15, -0.1) is 0 Å². The third-order valence-corrected chi connectivity index (χ3v) is 1.34. The number of rotatable bonds is 3. The number of allylic oxidation sites excluding steroid dienone is 1. The molecular formula is C7H10O3. The van der Waals surface area contributed by atoms with E-state index in [0.29, 0.717) is 0 Å². The van der Waals surface area contributed by atoms with Gasteiger partial charge in [-0.1, -0.05) is 6.58 Å². The van der Waals surface area contributed by atoms with Crippen LogP contribution in [-0.2, 0) is 9.59 Å². The topological polar surface area (TPSA) is 54.4 Å². The van der Waals surface area contributed by atoms with Crippen molar-refractivity contribution in [3.05, 3.63) is 12.7 Å². The first kappa shape index (κ1) is 8.88. The SMILES string of the molecule is C=CC(=O)C(C)(C)C(=O)O. The van der Waals surface area contributed by atoms with Crippen molar-refractivity contribution < 1.29 is 14.7 Å². The van der Waals surface area contributed by atoms with Crippen molar-refractivity contribution in [1.29, 1.82) is 0 Å². The summed E-state index contributed by atoms with van der Waals surface area (Å²) < 4.78 is 0. The van der Waals surface area contributed by atoms with E-state index >= 15 is 0 Å². The number of carbonyl (C=O) groups is 2. The fourth-order valence-electron chi connectivity index (χ4n) is 0.361. The molecule has 0 radical (unpaired) electrons. The van der Waals surface area contributed by atoms with E-state index in [9.17, 15) is 9.59 Å². The second-order valence-electron chi connectivity index (χ2n) is 2.50. The summed E-state index contributed by atoms with van der Waals surface area (Å²) in [6.07, 6.45) is 1.02. The maximum atomic E-state index is 10.8. The Labute approximate surface area is 59.4 Å². The summed E-state index contributed by atoms with van der Waals surface area (Å²) in [4.78, 5) is 21.1. The Morgan fingerprint density at radius 1 is 1.50 bits per heavy atom. The highest BCUT2D eigenvalue weighted by Gasteiger charge is 2.33. The lowest BCUT2D eigenvalue weighted by Crippen LogP contribution is -2.31. The minimum absolute atomic E-state index is 0.472. The van der Waals surface area contributed by atoms with Gasteiger partial charge in [0.1, 0.15) is 5.41 Å². The average Bonchev–Trinajstić information content (AvgIpc) is 1.86. The third-order valence-electron chi connectivity index (χ3n) is 1.34. The molecule has 1 N–H and O–H groups in total. The smallest absolute Gasteiger partial charge is 0.316 e. The van der Waals surface area contributed by atoms with Crippen LogP contribution in [0.1, 0.15) is 13.8 Å². The van der Waals surface area contributed by atoms with Crippen LogP contribution < -0.4 is 0 Å². The number of carboxylic acid groups (broad SMARTS) is 1. The van der Waals surface area contributed by atoms with E-state index in [1.165, 1.54) is 13.8 Å². The second-order valence-corrected chi connectivity index (χ2v) is 2.50. The number of carbonyl (C=O) groups excluding carboxylic acids is 1. The molecule has 0 saturated heterocycles. The Balaban J connectivity index is 4.55. The molecule has 0 atom stereocenters. The Morgan fingerprint density at radius 3 is 2.00 bits per heavy atom. The minimum Gasteiger partial charge on any atom is -0.481 e. The molecular weight excluding hydrogens is 132 g/mol. The molecule has 0 fully saturated rings. The van der Waals surface area contributed by atoms with Gasteiger partial charge in [0.05, 0.1) is 0 Å². The quantitative estimate of drug-likeness (QED) is 0.469. The first-order valence-corrected chi connectivity index (χ1v) is 2.83. The van der Waals surface area contributed by atoms with E-state index < -0.39 is 17.2 Å². The van der Waals surface area contributed by atoms with Gasteiger partial charge in [0.2, 0.25) is 0 Å². The van der Waals surface area contributed by atoms with Crippen molar-refractivity contribution in [2.24, 2.45) is 5.41 Å². The van der Waals surface area contributed by atoms with Crippen LogP contribution in [0.5, 0.6) is 0 Å². The molecule has 3 heteroatoms. The number of ketones is 1. The van der Waals surface area contributed by atoms with E-state index in [1.807, 2.05) is 0 Å². The summed E-state index contributed by atoms with van der Waals surface area (Å²) in [6, 6.07) is 0. The molecule has 0 aromatic heterocycles. The summed E-state index contributed by atoms with van der Waals surface area (Å²) in [5.41, 5.74) is -1.33. The van der Waals surface area contributed by atoms with Gasteiger partial charge in [-0.2, -0.15) is 0 Å². The molecule has 0 aliphatic carbocycles. The molecule has 0 spiro atoms. The molecule has 56 valence electrons. The molecule has 0 unspecified atom stereocenters. The Kier molecular flexibility index (Phi) is 2.35. The predicted octanol–water partition coefficient (Wildman–Crippen LogP) is 0.852. The van der Waals surface area contributed by atoms with Crippen molar-refractivity contribution in [3.63, 3.8) is 0 Å². The molecule has 0 aliphatic heterocycles. The van der Waals surface area contributed by atoms with Gasteiger partial charge >= 0.3 is 5.97 Å². The van der Waals surface area contributed by atoms with Crippen LogP contribution in [0.4, 0.5) is 0 Å². The molecule has 3 nitrogen and oxygen atoms in total. The number of hydrogen-bond acceptors (Lipinski definition) is 2. The monoisotopic (exact) mass is 142 g/mol. The molecule has 0 aromatic rings. The highest BCUT2D eigenvalue weighted by Crippen LogP contribution is 2.16. The zero-order valence-corrected chi connectivity index (χ0v) is 6.05. The Hall–Kier alpha value is -1.12. The lowest BCUT2D eigenvalue weighted by molar-refractivity contribution is -0.150. The van der Waals surface area contributed by atoms with Gasteiger partial charge < -0.3 is 5.11 Å². The van der Waals surface area contributed by atoms with Gasteiger partial charge in [-0.3, -0.25) is 9.59 Å². The van der Waals surface area contributed by atoms with Gasteiger partial charge in [-0.25, -0.2) is 0 Å². The standard InChI is InChI=1S/C7H10O3/c1-4-5(8)7(2,3)6(9)10/h4H,1H2,2-3H3,(H,9,10). The van der Waals surface area contributed by atoms with Crippen LogP contribution in [0.25, 0.3) is 0 Å². The first-order valence-electron chi connectivity index (χ1n) is 2.83. The van der Waals surface area contributed by atoms with Crippen molar-refractivity contribution in [2.75, 3.05) is 0 Å². The summed E-state index contributed by atoms with van der Waals surface area (Å²) in [5, 5.41) is 8.47. The van der Waals surface area contributed by atoms with E-state index in [4.69, 9.17) is 5.11 Å². The molecule has 0 heterocycles. The van der Waals surface area contributed by atoms with Crippen molar-refractivity contribution in [2.45, 2.75) is 13.8 Å². The Morgan fingerprint density at radius 2 is 1.90 bits per heavy atom. The van der Waals surface area contributed by atoms with E-state index in [0.717, 1.165) is 6.08 Å². The van der Waals surface area contributed by atoms with Gasteiger partial charge in [-0.05, 0) is 19.9 Å². The summed E-state index contributed by atoms with van der Waals surface area (Å²) >= 11 is 0. The number of hydrogen-bond donors (Lipinski definition) is 1. The molecule has 10 heavy (non-hydrogen) atoms. The van der Waals surface area contributed by atoms with Crippen molar-refractivity contribution in [3.8, 4) is 0 Å². The maximum Gasteiger partial charge on any atom is 0.316 e. The first-order chi connectivity index (χ1) is 4.42. The normalized spacial score (nSPS) is 10.6. The van der Waals surface area contributed by atoms with Crippen molar-refractivity contribution >= 4 is 11.8 Å². The van der Waals surface area contributed by atoms with Crippen LogP contribution >= 0.6 is 0 Å². The van der Waals surface area contributed by atoms with Gasteiger partial charge in [0.25, 0.3) is 0 Å². The van der Waals surface area contributed by atoms with Crippen LogP contribution in [0.15, 0.2) is 12.7 Å². The number of aliphatic carboxylic acids is 1. The van der Waals surface area contributed by atoms with E-state index in [-0.39, 0.29) is 0 Å². The van der Waals surface area contributed by atoms with E-state index in [2.05, 4.69) is 6.58 Å². The minimum atomic E-state index is -1.33. The lowest BCUT2D eigenvalue weighted by Gasteiger charge is -2.13. The van der Waals surface area contributed by atoms with E-state index in [1.54, 1.807) is 0 Å². The predicted molar refractivity (Wildman–Crippen MR) is 36.6 cm³/mol. The fourth-order valence-corrected chi connectivity index (χ4v) is 0.361. The van der Waals surface area contributed by atoms with Crippen LogP contribution in [0, 0.1) is 5.41 Å². The molecule has 0 aromatic carbocycles. The van der Waals surface area contributed by atoms with Crippen LogP contribution in [0.2, 0.25) is 0 Å². The van der Waals surface area contributed by atoms with Crippen molar-refractivity contribution in [1.82, 2.24) is 0 Å². The Bertz CT molecular complexity index is 179. The van der Waals surface area contributed by atoms with Gasteiger partial charge in [0.15, 0.2) is 5.78 Å². The molecule has 0 bridgehead atoms. The zero-order chi connectivity index (χ0) is 8.36. The highest BCUT2D eigenvalue weighted by molar-refractivity contribution is 6.07. The molecule has 0 saturated carbocycles. The average molecular weight is 142 g/mol. The fraction of sp³-hybridized carbons (Fsp3) is 0.429. The van der Waals surface area contributed by atoms with Crippen LogP contribution in [0.3, 0.4) is 0 Å². The highest BCUT2D eigenvalue weighted by atomic mass is 16.4. The molecule has 0 rings (SSSR count). The molecule has 0 aliphatic rings. The zero-order valence-electron chi connectivity index (χ0n) is 6.05. The molecule has 0 amide bonds. The largest absolute Gasteiger partial charge is 0.481 e.